The Morgan fingerprint density at radius 3 is 2.30 bits per heavy atom. The van der Waals surface area contributed by atoms with Gasteiger partial charge in [-0.05, 0) is 43.6 Å². The van der Waals surface area contributed by atoms with Crippen molar-refractivity contribution in [1.29, 1.82) is 0 Å². The first kappa shape index (κ1) is 21.3. The van der Waals surface area contributed by atoms with Gasteiger partial charge in [0.2, 0.25) is 0 Å². The van der Waals surface area contributed by atoms with E-state index in [2.05, 4.69) is 18.7 Å². The molecule has 1 N–H and O–H groups in total. The van der Waals surface area contributed by atoms with Gasteiger partial charge in [-0.2, -0.15) is 0 Å². The zero-order valence-corrected chi connectivity index (χ0v) is 17.1. The summed E-state index contributed by atoms with van der Waals surface area (Å²) >= 11 is 0. The number of hydrogen-bond acceptors (Lipinski definition) is 4. The molecule has 0 bridgehead atoms. The minimum atomic E-state index is -1.09. The molecular formula is C23H33NO3. The number of rotatable bonds is 11. The van der Waals surface area contributed by atoms with Crippen LogP contribution in [0.5, 0.6) is 11.5 Å². The van der Waals surface area contributed by atoms with E-state index in [1.165, 1.54) is 0 Å². The van der Waals surface area contributed by atoms with Crippen LogP contribution in [0, 0.1) is 0 Å². The molecule has 4 heteroatoms. The van der Waals surface area contributed by atoms with Crippen molar-refractivity contribution in [3.8, 4) is 11.5 Å². The molecule has 0 saturated carbocycles. The lowest BCUT2D eigenvalue weighted by atomic mass is 9.83. The molecule has 2 aromatic rings. The van der Waals surface area contributed by atoms with Crippen molar-refractivity contribution >= 4 is 0 Å². The van der Waals surface area contributed by atoms with Gasteiger partial charge in [0.1, 0.15) is 17.1 Å². The monoisotopic (exact) mass is 371 g/mol. The highest BCUT2D eigenvalue weighted by Gasteiger charge is 2.32. The molecule has 2 aromatic carbocycles. The van der Waals surface area contributed by atoms with Gasteiger partial charge in [-0.25, -0.2) is 0 Å². The quantitative estimate of drug-likeness (QED) is 0.593. The van der Waals surface area contributed by atoms with Crippen LogP contribution >= 0.6 is 0 Å². The minimum absolute atomic E-state index is 0.553. The van der Waals surface area contributed by atoms with Crippen LogP contribution in [0.15, 0.2) is 48.5 Å². The average molecular weight is 372 g/mol. The Morgan fingerprint density at radius 1 is 1.00 bits per heavy atom. The number of benzene rings is 2. The van der Waals surface area contributed by atoms with Crippen molar-refractivity contribution in [3.63, 3.8) is 0 Å². The normalized spacial score (nSPS) is 13.4. The largest absolute Gasteiger partial charge is 0.496 e. The lowest BCUT2D eigenvalue weighted by Crippen LogP contribution is -2.27. The molecule has 0 fully saturated rings. The highest BCUT2D eigenvalue weighted by Crippen LogP contribution is 2.39. The van der Waals surface area contributed by atoms with Crippen LogP contribution in [0.3, 0.4) is 0 Å². The van der Waals surface area contributed by atoms with Crippen LogP contribution in [-0.2, 0) is 5.60 Å². The summed E-state index contributed by atoms with van der Waals surface area (Å²) < 4.78 is 11.5. The molecule has 0 spiro atoms. The molecule has 2 rings (SSSR count). The summed E-state index contributed by atoms with van der Waals surface area (Å²) in [7, 11) is 1.63. The van der Waals surface area contributed by atoms with E-state index in [0.29, 0.717) is 18.8 Å². The Balaban J connectivity index is 2.13. The van der Waals surface area contributed by atoms with Crippen LogP contribution in [0.1, 0.15) is 44.7 Å². The maximum atomic E-state index is 11.4. The van der Waals surface area contributed by atoms with Gasteiger partial charge in [0.25, 0.3) is 0 Å². The molecule has 1 atom stereocenters. The van der Waals surface area contributed by atoms with Crippen molar-refractivity contribution < 1.29 is 14.6 Å². The van der Waals surface area contributed by atoms with E-state index in [-0.39, 0.29) is 0 Å². The van der Waals surface area contributed by atoms with E-state index in [4.69, 9.17) is 9.47 Å². The van der Waals surface area contributed by atoms with E-state index >= 15 is 0 Å². The predicted octanol–water partition coefficient (Wildman–Crippen LogP) is 4.45. The first-order valence-corrected chi connectivity index (χ1v) is 9.90. The molecule has 0 saturated heterocycles. The summed E-state index contributed by atoms with van der Waals surface area (Å²) in [5, 5.41) is 11.4. The second kappa shape index (κ2) is 10.3. The van der Waals surface area contributed by atoms with E-state index in [1.54, 1.807) is 7.11 Å². The van der Waals surface area contributed by atoms with Crippen LogP contribution in [0.25, 0.3) is 0 Å². The van der Waals surface area contributed by atoms with Gasteiger partial charge in [-0.3, -0.25) is 0 Å². The predicted molar refractivity (Wildman–Crippen MR) is 111 cm³/mol. The molecule has 0 aromatic heterocycles. The fourth-order valence-corrected chi connectivity index (χ4v) is 3.38. The molecule has 0 aliphatic rings. The van der Waals surface area contributed by atoms with Crippen molar-refractivity contribution in [1.82, 2.24) is 4.90 Å². The Bertz CT molecular complexity index is 685. The minimum Gasteiger partial charge on any atom is -0.496 e. The van der Waals surface area contributed by atoms with E-state index in [0.717, 1.165) is 42.9 Å². The lowest BCUT2D eigenvalue weighted by molar-refractivity contribution is 0.0735. The fraction of sp³-hybridized carbons (Fsp3) is 0.478. The molecule has 27 heavy (non-hydrogen) atoms. The Kier molecular flexibility index (Phi) is 8.14. The number of nitrogens with zero attached hydrogens (tertiary/aromatic N) is 1. The smallest absolute Gasteiger partial charge is 0.128 e. The van der Waals surface area contributed by atoms with Crippen LogP contribution in [-0.4, -0.2) is 43.4 Å². The van der Waals surface area contributed by atoms with E-state index < -0.39 is 5.60 Å². The molecule has 0 heterocycles. The average Bonchev–Trinajstić information content (AvgIpc) is 2.73. The van der Waals surface area contributed by atoms with Crippen LogP contribution in [0.2, 0.25) is 0 Å². The molecule has 4 nitrogen and oxygen atoms in total. The third-order valence-electron chi connectivity index (χ3n) is 5.16. The molecule has 0 amide bonds. The van der Waals surface area contributed by atoms with Crippen molar-refractivity contribution in [2.75, 3.05) is 33.4 Å². The van der Waals surface area contributed by atoms with Gasteiger partial charge >= 0.3 is 0 Å². The van der Waals surface area contributed by atoms with Gasteiger partial charge in [-0.1, -0.05) is 51.1 Å². The zero-order valence-electron chi connectivity index (χ0n) is 17.1. The maximum absolute atomic E-state index is 11.4. The van der Waals surface area contributed by atoms with Crippen molar-refractivity contribution in [2.45, 2.75) is 39.2 Å². The summed E-state index contributed by atoms with van der Waals surface area (Å²) in [5.74, 6) is 1.41. The summed E-state index contributed by atoms with van der Waals surface area (Å²) in [5.41, 5.74) is 0.529. The number of aliphatic hydroxyl groups is 1. The van der Waals surface area contributed by atoms with Gasteiger partial charge < -0.3 is 19.5 Å². The molecule has 0 aliphatic heterocycles. The lowest BCUT2D eigenvalue weighted by Gasteiger charge is -2.29. The Hall–Kier alpha value is -2.04. The summed E-state index contributed by atoms with van der Waals surface area (Å²) in [6, 6.07) is 15.4. The van der Waals surface area contributed by atoms with Gasteiger partial charge in [0.15, 0.2) is 0 Å². The summed E-state index contributed by atoms with van der Waals surface area (Å²) in [6.07, 6.45) is 1.53. The Morgan fingerprint density at radius 2 is 1.70 bits per heavy atom. The first-order chi connectivity index (χ1) is 13.1. The van der Waals surface area contributed by atoms with Crippen LogP contribution < -0.4 is 9.47 Å². The fourth-order valence-electron chi connectivity index (χ4n) is 3.38. The topological polar surface area (TPSA) is 41.9 Å². The number of hydrogen-bond donors (Lipinski definition) is 1. The number of ether oxygens (including phenoxy) is 2. The molecule has 0 radical (unpaired) electrons. The first-order valence-electron chi connectivity index (χ1n) is 9.90. The SMILES string of the molecule is CCN(CC)CCCOc1ccc(C(O)(CC)c2ccccc2)c(OC)c1. The third kappa shape index (κ3) is 5.24. The van der Waals surface area contributed by atoms with Crippen molar-refractivity contribution in [2.24, 2.45) is 0 Å². The summed E-state index contributed by atoms with van der Waals surface area (Å²) in [4.78, 5) is 2.38. The molecule has 148 valence electrons. The van der Waals surface area contributed by atoms with E-state index in [1.807, 2.05) is 55.5 Å². The second-order valence-electron chi connectivity index (χ2n) is 6.67. The molecular weight excluding hydrogens is 338 g/mol. The summed E-state index contributed by atoms with van der Waals surface area (Å²) in [6.45, 7) is 10.2. The molecule has 1 unspecified atom stereocenters. The van der Waals surface area contributed by atoms with E-state index in [9.17, 15) is 5.11 Å². The Labute approximate surface area is 163 Å². The zero-order chi connectivity index (χ0) is 19.7. The highest BCUT2D eigenvalue weighted by molar-refractivity contribution is 5.48. The van der Waals surface area contributed by atoms with Gasteiger partial charge in [0.05, 0.1) is 13.7 Å². The highest BCUT2D eigenvalue weighted by atomic mass is 16.5. The maximum Gasteiger partial charge on any atom is 0.128 e. The standard InChI is InChI=1S/C23H33NO3/c1-5-23(25,19-12-9-8-10-13-19)21-15-14-20(18-22(21)26-4)27-17-11-16-24(6-2)7-3/h8-10,12-15,18,25H,5-7,11,16-17H2,1-4H3. The third-order valence-corrected chi connectivity index (χ3v) is 5.16. The number of methoxy groups -OCH3 is 1. The van der Waals surface area contributed by atoms with Gasteiger partial charge in [-0.15, -0.1) is 0 Å². The van der Waals surface area contributed by atoms with Crippen LogP contribution in [0.4, 0.5) is 0 Å². The van der Waals surface area contributed by atoms with Gasteiger partial charge in [0, 0.05) is 18.2 Å². The molecule has 0 aliphatic carbocycles. The van der Waals surface area contributed by atoms with Crippen molar-refractivity contribution in [3.05, 3.63) is 59.7 Å². The second-order valence-corrected chi connectivity index (χ2v) is 6.67.